The smallest absolute Gasteiger partial charge is 0.174 e. The van der Waals surface area contributed by atoms with Crippen LogP contribution in [0.1, 0.15) is 68.7 Å². The molecule has 1 aromatic rings. The van der Waals surface area contributed by atoms with Crippen LogP contribution in [0.5, 0.6) is 11.5 Å². The zero-order valence-corrected chi connectivity index (χ0v) is 17.1. The minimum absolute atomic E-state index is 0.196. The highest BCUT2D eigenvalue weighted by molar-refractivity contribution is 5.90. The highest BCUT2D eigenvalue weighted by atomic mass is 16.5. The van der Waals surface area contributed by atoms with Gasteiger partial charge in [0.05, 0.1) is 13.2 Å². The maximum absolute atomic E-state index is 13.0. The number of methoxy groups -OCH3 is 1. The first-order valence-corrected chi connectivity index (χ1v) is 10.9. The molecule has 4 heteroatoms. The fourth-order valence-electron chi connectivity index (χ4n) is 6.84. The maximum atomic E-state index is 13.0. The van der Waals surface area contributed by atoms with Crippen molar-refractivity contribution in [1.82, 2.24) is 4.90 Å². The Balaban J connectivity index is 1.63. The molecule has 6 rings (SSSR count). The quantitative estimate of drug-likeness (QED) is 0.717. The number of nitrogens with zero attached hydrogens (tertiary/aromatic N) is 1. The Morgan fingerprint density at radius 3 is 2.82 bits per heavy atom. The number of benzene rings is 1. The summed E-state index contributed by atoms with van der Waals surface area (Å²) in [5.41, 5.74) is 4.76. The highest BCUT2D eigenvalue weighted by Crippen LogP contribution is 2.70. The zero-order chi connectivity index (χ0) is 19.4. The summed E-state index contributed by atoms with van der Waals surface area (Å²) in [5, 5.41) is 0. The average molecular weight is 380 g/mol. The minimum Gasteiger partial charge on any atom is -0.493 e. The molecule has 1 saturated heterocycles. The van der Waals surface area contributed by atoms with E-state index in [1.807, 2.05) is 0 Å². The number of ether oxygens (including phenoxy) is 2. The van der Waals surface area contributed by atoms with Gasteiger partial charge >= 0.3 is 0 Å². The third-order valence-electron chi connectivity index (χ3n) is 8.22. The molecule has 0 spiro atoms. The first kappa shape index (κ1) is 17.1. The van der Waals surface area contributed by atoms with Crippen molar-refractivity contribution in [3.05, 3.63) is 29.3 Å². The molecule has 5 unspecified atom stereocenters. The Kier molecular flexibility index (Phi) is 3.30. The summed E-state index contributed by atoms with van der Waals surface area (Å²) in [6.07, 6.45) is 4.99. The first-order valence-electron chi connectivity index (χ1n) is 10.9. The van der Waals surface area contributed by atoms with Gasteiger partial charge in [-0.25, -0.2) is 0 Å². The topological polar surface area (TPSA) is 38.5 Å². The van der Waals surface area contributed by atoms with Crippen LogP contribution in [0.3, 0.4) is 0 Å². The first-order chi connectivity index (χ1) is 13.5. The van der Waals surface area contributed by atoms with E-state index in [-0.39, 0.29) is 17.3 Å². The number of carbonyl (C=O) groups is 1. The van der Waals surface area contributed by atoms with E-state index in [1.54, 1.807) is 7.11 Å². The third-order valence-corrected chi connectivity index (χ3v) is 8.22. The van der Waals surface area contributed by atoms with Crippen LogP contribution in [0.2, 0.25) is 0 Å². The number of ketones is 1. The summed E-state index contributed by atoms with van der Waals surface area (Å²) in [4.78, 5) is 15.7. The molecule has 0 amide bonds. The lowest BCUT2D eigenvalue weighted by Crippen LogP contribution is -2.55. The highest BCUT2D eigenvalue weighted by Gasteiger charge is 2.71. The Morgan fingerprint density at radius 1 is 1.39 bits per heavy atom. The van der Waals surface area contributed by atoms with Gasteiger partial charge in [-0.1, -0.05) is 19.1 Å². The molecule has 4 nitrogen and oxygen atoms in total. The van der Waals surface area contributed by atoms with Gasteiger partial charge in [0.2, 0.25) is 0 Å². The second kappa shape index (κ2) is 5.41. The van der Waals surface area contributed by atoms with Crippen molar-refractivity contribution in [1.29, 1.82) is 0 Å². The lowest BCUT2D eigenvalue weighted by molar-refractivity contribution is -0.133. The van der Waals surface area contributed by atoms with Gasteiger partial charge in [-0.2, -0.15) is 0 Å². The van der Waals surface area contributed by atoms with E-state index in [9.17, 15) is 4.79 Å². The molecule has 148 valence electrons. The van der Waals surface area contributed by atoms with Gasteiger partial charge in [0, 0.05) is 30.0 Å². The fourth-order valence-corrected chi connectivity index (χ4v) is 6.84. The third kappa shape index (κ3) is 1.88. The van der Waals surface area contributed by atoms with Crippen molar-refractivity contribution in [2.75, 3.05) is 13.7 Å². The molecule has 1 aromatic carbocycles. The number of allylic oxidation sites excluding steroid dienone is 1. The summed E-state index contributed by atoms with van der Waals surface area (Å²) in [7, 11) is 1.70. The Morgan fingerprint density at radius 2 is 2.18 bits per heavy atom. The van der Waals surface area contributed by atoms with Crippen molar-refractivity contribution in [3.63, 3.8) is 0 Å². The number of fused-ring (bicyclic) bond motifs is 3. The molecule has 3 aliphatic carbocycles. The lowest BCUT2D eigenvalue weighted by Gasteiger charge is -2.46. The zero-order valence-electron chi connectivity index (χ0n) is 17.1. The van der Waals surface area contributed by atoms with Crippen molar-refractivity contribution in [2.24, 2.45) is 11.8 Å². The Labute approximate surface area is 166 Å². The van der Waals surface area contributed by atoms with Crippen LogP contribution in [0.4, 0.5) is 0 Å². The fraction of sp³-hybridized carbons (Fsp3) is 0.625. The SMILES string of the molecule is C=C(C)c1cc(OC)c2c3c1C1C(C4CCC(=O)C(O2)[C@@]34CC)N1CC1CC1. The van der Waals surface area contributed by atoms with Crippen LogP contribution in [0.25, 0.3) is 5.57 Å². The molecule has 0 radical (unpaired) electrons. The predicted molar refractivity (Wildman–Crippen MR) is 108 cm³/mol. The maximum Gasteiger partial charge on any atom is 0.174 e. The minimum atomic E-state index is -0.344. The van der Waals surface area contributed by atoms with Crippen LogP contribution >= 0.6 is 0 Å². The largest absolute Gasteiger partial charge is 0.493 e. The molecule has 0 bridgehead atoms. The monoisotopic (exact) mass is 379 g/mol. The van der Waals surface area contributed by atoms with E-state index < -0.39 is 0 Å². The molecule has 6 atom stereocenters. The van der Waals surface area contributed by atoms with Gasteiger partial charge < -0.3 is 9.47 Å². The standard InChI is InChI=1S/C24H29NO3/c1-5-24-15-8-9-16(26)23(24)28-22-17(27-4)10-14(12(2)3)18(19(22)24)21-20(15)25(21)11-13-6-7-13/h10,13,15,20-21,23H,2,5-9,11H2,1,3-4H3/t15?,20?,21?,23?,24-,25?/m1/s1. The lowest BCUT2D eigenvalue weighted by atomic mass is 9.55. The molecular formula is C24H29NO3. The molecule has 28 heavy (non-hydrogen) atoms. The number of hydrogen-bond acceptors (Lipinski definition) is 4. The molecule has 2 aliphatic heterocycles. The van der Waals surface area contributed by atoms with Crippen molar-refractivity contribution in [2.45, 2.75) is 69.6 Å². The molecule has 2 saturated carbocycles. The Hall–Kier alpha value is -1.81. The molecule has 0 aromatic heterocycles. The van der Waals surface area contributed by atoms with E-state index in [0.29, 0.717) is 24.4 Å². The van der Waals surface area contributed by atoms with E-state index >= 15 is 0 Å². The molecule has 2 heterocycles. The summed E-state index contributed by atoms with van der Waals surface area (Å²) < 4.78 is 12.2. The molecular weight excluding hydrogens is 350 g/mol. The van der Waals surface area contributed by atoms with Gasteiger partial charge in [0.1, 0.15) is 0 Å². The van der Waals surface area contributed by atoms with Crippen molar-refractivity contribution < 1.29 is 14.3 Å². The molecule has 0 N–H and O–H groups in total. The van der Waals surface area contributed by atoms with Crippen LogP contribution in [0.15, 0.2) is 12.6 Å². The second-order valence-electron chi connectivity index (χ2n) is 9.60. The predicted octanol–water partition coefficient (Wildman–Crippen LogP) is 4.27. The van der Waals surface area contributed by atoms with E-state index in [1.165, 1.54) is 36.1 Å². The van der Waals surface area contributed by atoms with Gasteiger partial charge in [0.15, 0.2) is 23.4 Å². The van der Waals surface area contributed by atoms with Gasteiger partial charge in [-0.15, -0.1) is 0 Å². The van der Waals surface area contributed by atoms with Crippen molar-refractivity contribution in [3.8, 4) is 11.5 Å². The number of rotatable bonds is 5. The van der Waals surface area contributed by atoms with Crippen LogP contribution in [0, 0.1) is 11.8 Å². The summed E-state index contributed by atoms with van der Waals surface area (Å²) in [5.74, 6) is 3.25. The summed E-state index contributed by atoms with van der Waals surface area (Å²) >= 11 is 0. The summed E-state index contributed by atoms with van der Waals surface area (Å²) in [6, 6.07) is 3.13. The normalized spacial score (nSPS) is 39.1. The Bertz CT molecular complexity index is 917. The molecule has 5 aliphatic rings. The van der Waals surface area contributed by atoms with Crippen molar-refractivity contribution >= 4 is 11.4 Å². The van der Waals surface area contributed by atoms with E-state index in [2.05, 4.69) is 31.4 Å². The number of Topliss-reactive ketones (excluding diaryl/α,β-unsaturated/α-hetero) is 1. The second-order valence-corrected chi connectivity index (χ2v) is 9.60. The van der Waals surface area contributed by atoms with E-state index in [4.69, 9.17) is 9.47 Å². The van der Waals surface area contributed by atoms with Gasteiger partial charge in [0.25, 0.3) is 0 Å². The summed E-state index contributed by atoms with van der Waals surface area (Å²) in [6.45, 7) is 9.83. The van der Waals surface area contributed by atoms with Gasteiger partial charge in [-0.05, 0) is 61.6 Å². The van der Waals surface area contributed by atoms with Crippen LogP contribution < -0.4 is 9.47 Å². The number of hydrogen-bond donors (Lipinski definition) is 0. The van der Waals surface area contributed by atoms with E-state index in [0.717, 1.165) is 35.8 Å². The van der Waals surface area contributed by atoms with Crippen LogP contribution in [-0.4, -0.2) is 36.5 Å². The van der Waals surface area contributed by atoms with Crippen LogP contribution in [-0.2, 0) is 10.2 Å². The average Bonchev–Trinajstić information content (AvgIpc) is 3.60. The molecule has 3 fully saturated rings. The van der Waals surface area contributed by atoms with Gasteiger partial charge in [-0.3, -0.25) is 9.69 Å². The number of carbonyl (C=O) groups excluding carboxylic acids is 1.